The number of nitrogens with one attached hydrogen (secondary N) is 1. The van der Waals surface area contributed by atoms with Crippen LogP contribution in [0.5, 0.6) is 0 Å². The SMILES string of the molecule is CC1c2ncc(C3CCN(C(=O)c4cccc(F)c4)CC3)cc2C=CC1CC1=CCC=C(C(=O)NO)C=C1. The van der Waals surface area contributed by atoms with Crippen molar-refractivity contribution in [3.8, 4) is 0 Å². The van der Waals surface area contributed by atoms with Crippen molar-refractivity contribution in [3.05, 3.63) is 106 Å². The Morgan fingerprint density at radius 1 is 1.13 bits per heavy atom. The van der Waals surface area contributed by atoms with Crippen LogP contribution in [0.15, 0.2) is 78.1 Å². The molecule has 2 atom stereocenters. The summed E-state index contributed by atoms with van der Waals surface area (Å²) < 4.78 is 13.5. The molecule has 7 heteroatoms. The third kappa shape index (κ3) is 5.53. The Kier molecular flexibility index (Phi) is 7.65. The average Bonchev–Trinajstić information content (AvgIpc) is 3.19. The Balaban J connectivity index is 1.21. The number of likely N-dealkylation sites (tertiary alicyclic amines) is 1. The van der Waals surface area contributed by atoms with E-state index >= 15 is 0 Å². The van der Waals surface area contributed by atoms with Crippen molar-refractivity contribution in [3.63, 3.8) is 0 Å². The number of pyridine rings is 1. The van der Waals surface area contributed by atoms with Gasteiger partial charge in [-0.15, -0.1) is 0 Å². The molecule has 1 fully saturated rings. The van der Waals surface area contributed by atoms with E-state index in [-0.39, 0.29) is 11.8 Å². The van der Waals surface area contributed by atoms with Gasteiger partial charge in [-0.25, -0.2) is 9.87 Å². The van der Waals surface area contributed by atoms with Gasteiger partial charge in [-0.3, -0.25) is 19.8 Å². The third-order valence-electron chi connectivity index (χ3n) is 7.92. The lowest BCUT2D eigenvalue weighted by atomic mass is 9.79. The van der Waals surface area contributed by atoms with Gasteiger partial charge in [-0.2, -0.15) is 0 Å². The molecule has 2 aliphatic carbocycles. The molecule has 1 aromatic carbocycles. The van der Waals surface area contributed by atoms with E-state index in [0.29, 0.717) is 42.5 Å². The second kappa shape index (κ2) is 11.3. The summed E-state index contributed by atoms with van der Waals surface area (Å²) in [6, 6.07) is 8.13. The highest BCUT2D eigenvalue weighted by atomic mass is 19.1. The first-order valence-electron chi connectivity index (χ1n) is 13.2. The minimum Gasteiger partial charge on any atom is -0.339 e. The van der Waals surface area contributed by atoms with E-state index in [1.54, 1.807) is 29.8 Å². The first-order chi connectivity index (χ1) is 18.4. The van der Waals surface area contributed by atoms with Crippen LogP contribution in [-0.4, -0.2) is 40.0 Å². The zero-order chi connectivity index (χ0) is 26.6. The molecule has 38 heavy (non-hydrogen) atoms. The van der Waals surface area contributed by atoms with Crippen LogP contribution in [0, 0.1) is 11.7 Å². The summed E-state index contributed by atoms with van der Waals surface area (Å²) in [5.74, 6) is -0.125. The highest BCUT2D eigenvalue weighted by Crippen LogP contribution is 2.38. The van der Waals surface area contributed by atoms with Crippen molar-refractivity contribution in [2.24, 2.45) is 5.92 Å². The number of hydrogen-bond acceptors (Lipinski definition) is 4. The number of piperidine rings is 1. The number of carbonyl (C=O) groups is 2. The number of nitrogens with zero attached hydrogens (tertiary/aromatic N) is 2. The highest BCUT2D eigenvalue weighted by Gasteiger charge is 2.28. The zero-order valence-electron chi connectivity index (χ0n) is 21.4. The van der Waals surface area contributed by atoms with Gasteiger partial charge in [0.05, 0.1) is 5.69 Å². The van der Waals surface area contributed by atoms with Crippen LogP contribution in [0.1, 0.15) is 71.6 Å². The Morgan fingerprint density at radius 2 is 1.95 bits per heavy atom. The van der Waals surface area contributed by atoms with Crippen LogP contribution in [-0.2, 0) is 4.79 Å². The number of rotatable bonds is 5. The molecule has 6 nitrogen and oxygen atoms in total. The molecular weight excluding hydrogens is 481 g/mol. The highest BCUT2D eigenvalue weighted by molar-refractivity contribution is 5.95. The van der Waals surface area contributed by atoms with Crippen molar-refractivity contribution in [1.29, 1.82) is 0 Å². The summed E-state index contributed by atoms with van der Waals surface area (Å²) in [6.07, 6.45) is 17.2. The van der Waals surface area contributed by atoms with Gasteiger partial charge in [0.25, 0.3) is 11.8 Å². The van der Waals surface area contributed by atoms with E-state index in [4.69, 9.17) is 10.2 Å². The zero-order valence-corrected chi connectivity index (χ0v) is 21.4. The number of carbonyl (C=O) groups excluding carboxylic acids is 2. The summed E-state index contributed by atoms with van der Waals surface area (Å²) in [5, 5.41) is 8.89. The Hall–Kier alpha value is -3.84. The van der Waals surface area contributed by atoms with E-state index < -0.39 is 11.7 Å². The first-order valence-corrected chi connectivity index (χ1v) is 13.2. The van der Waals surface area contributed by atoms with E-state index in [1.165, 1.54) is 17.7 Å². The molecule has 2 aromatic rings. The largest absolute Gasteiger partial charge is 0.339 e. The topological polar surface area (TPSA) is 82.5 Å². The monoisotopic (exact) mass is 513 g/mol. The number of aromatic nitrogens is 1. The predicted molar refractivity (Wildman–Crippen MR) is 144 cm³/mol. The second-order valence-corrected chi connectivity index (χ2v) is 10.3. The lowest BCUT2D eigenvalue weighted by molar-refractivity contribution is -0.124. The molecule has 1 saturated heterocycles. The third-order valence-corrected chi connectivity index (χ3v) is 7.92. The fraction of sp³-hybridized carbons (Fsp3) is 0.323. The van der Waals surface area contributed by atoms with E-state index in [0.717, 1.165) is 36.1 Å². The van der Waals surface area contributed by atoms with E-state index in [1.807, 2.05) is 17.2 Å². The number of hydrogen-bond donors (Lipinski definition) is 2. The van der Waals surface area contributed by atoms with Crippen molar-refractivity contribution in [2.45, 2.75) is 44.4 Å². The predicted octanol–water partition coefficient (Wildman–Crippen LogP) is 5.70. The van der Waals surface area contributed by atoms with Gasteiger partial charge < -0.3 is 4.90 Å². The van der Waals surface area contributed by atoms with E-state index in [9.17, 15) is 14.0 Å². The van der Waals surface area contributed by atoms with Gasteiger partial charge in [0, 0.05) is 36.3 Å². The summed E-state index contributed by atoms with van der Waals surface area (Å²) in [7, 11) is 0. The summed E-state index contributed by atoms with van der Waals surface area (Å²) in [5.41, 5.74) is 7.14. The van der Waals surface area contributed by atoms with Crippen LogP contribution in [0.2, 0.25) is 0 Å². The molecule has 1 aromatic heterocycles. The molecule has 0 saturated carbocycles. The van der Waals surface area contributed by atoms with Gasteiger partial charge in [0.15, 0.2) is 0 Å². The Labute approximate surface area is 222 Å². The number of halogens is 1. The molecule has 0 bridgehead atoms. The number of allylic oxidation sites excluding steroid dienone is 5. The summed E-state index contributed by atoms with van der Waals surface area (Å²) in [6.45, 7) is 3.50. The number of amides is 2. The van der Waals surface area contributed by atoms with Crippen molar-refractivity contribution in [1.82, 2.24) is 15.4 Å². The smallest absolute Gasteiger partial charge is 0.274 e. The molecule has 3 aliphatic rings. The standard InChI is InChI=1S/C31H32FN3O3/c1-20-24(16-21-4-2-5-23(9-8-21)30(36)34-38)10-11-25-17-27(19-33-29(20)25)22-12-14-35(15-13-22)31(37)26-6-3-7-28(32)18-26/h3-11,17-20,22,24,38H,2,12-16H2,1H3,(H,34,36). The quantitative estimate of drug-likeness (QED) is 0.397. The summed E-state index contributed by atoms with van der Waals surface area (Å²) in [4.78, 5) is 31.2. The lowest BCUT2D eigenvalue weighted by Crippen LogP contribution is -2.38. The van der Waals surface area contributed by atoms with Crippen LogP contribution in [0.25, 0.3) is 6.08 Å². The summed E-state index contributed by atoms with van der Waals surface area (Å²) >= 11 is 0. The maximum Gasteiger partial charge on any atom is 0.274 e. The molecule has 2 heterocycles. The second-order valence-electron chi connectivity index (χ2n) is 10.3. The molecule has 5 rings (SSSR count). The van der Waals surface area contributed by atoms with Crippen LogP contribution < -0.4 is 5.48 Å². The van der Waals surface area contributed by atoms with Gasteiger partial charge >= 0.3 is 0 Å². The first kappa shape index (κ1) is 25.8. The molecule has 2 N–H and O–H groups in total. The molecule has 0 radical (unpaired) electrons. The molecule has 196 valence electrons. The molecule has 0 spiro atoms. The number of hydroxylamine groups is 1. The normalized spacial score (nSPS) is 21.3. The van der Waals surface area contributed by atoms with Crippen molar-refractivity contribution < 1.29 is 19.2 Å². The van der Waals surface area contributed by atoms with Crippen molar-refractivity contribution >= 4 is 17.9 Å². The minimum absolute atomic E-state index is 0.114. The van der Waals surface area contributed by atoms with Gasteiger partial charge in [0.2, 0.25) is 0 Å². The number of fused-ring (bicyclic) bond motifs is 1. The fourth-order valence-corrected chi connectivity index (χ4v) is 5.63. The Bertz CT molecular complexity index is 1350. The fourth-order valence-electron chi connectivity index (χ4n) is 5.63. The molecule has 2 unspecified atom stereocenters. The van der Waals surface area contributed by atoms with Gasteiger partial charge in [-0.1, -0.05) is 48.9 Å². The van der Waals surface area contributed by atoms with E-state index in [2.05, 4.69) is 31.2 Å². The molecular formula is C31H32FN3O3. The van der Waals surface area contributed by atoms with Crippen LogP contribution >= 0.6 is 0 Å². The lowest BCUT2D eigenvalue weighted by Gasteiger charge is -2.33. The minimum atomic E-state index is -0.500. The Morgan fingerprint density at radius 3 is 2.71 bits per heavy atom. The van der Waals surface area contributed by atoms with Crippen LogP contribution in [0.4, 0.5) is 4.39 Å². The maximum absolute atomic E-state index is 13.5. The number of benzene rings is 1. The average molecular weight is 514 g/mol. The van der Waals surface area contributed by atoms with Crippen LogP contribution in [0.3, 0.4) is 0 Å². The molecule has 2 amide bonds. The van der Waals surface area contributed by atoms with Crippen molar-refractivity contribution in [2.75, 3.05) is 13.1 Å². The van der Waals surface area contributed by atoms with Gasteiger partial charge in [-0.05, 0) is 79.0 Å². The maximum atomic E-state index is 13.5. The van der Waals surface area contributed by atoms with Gasteiger partial charge in [0.1, 0.15) is 5.82 Å². The molecule has 1 aliphatic heterocycles.